The number of pyridine rings is 1. The van der Waals surface area contributed by atoms with Gasteiger partial charge in [0, 0.05) is 11.1 Å². The molecule has 1 atom stereocenters. The van der Waals surface area contributed by atoms with Crippen molar-refractivity contribution in [2.45, 2.75) is 26.3 Å². The average Bonchev–Trinajstić information content (AvgIpc) is 2.73. The summed E-state index contributed by atoms with van der Waals surface area (Å²) >= 11 is 0. The van der Waals surface area contributed by atoms with Crippen LogP contribution in [0, 0.1) is 28.7 Å². The first-order valence-electron chi connectivity index (χ1n) is 9.69. The Morgan fingerprint density at radius 2 is 2.06 bits per heavy atom. The van der Waals surface area contributed by atoms with Crippen LogP contribution in [0.25, 0.3) is 0 Å². The number of aliphatic imine (C=N–C) groups is 1. The number of nitrogens with two attached hydrogens (primary N) is 2. The van der Waals surface area contributed by atoms with Crippen molar-refractivity contribution in [1.82, 2.24) is 10.3 Å². The molecule has 1 aliphatic rings. The molecule has 2 heterocycles. The maximum absolute atomic E-state index is 9.49. The van der Waals surface area contributed by atoms with Gasteiger partial charge in [-0.05, 0) is 18.4 Å². The van der Waals surface area contributed by atoms with Crippen LogP contribution in [0.2, 0.25) is 0 Å². The van der Waals surface area contributed by atoms with Gasteiger partial charge in [-0.25, -0.2) is 9.98 Å². The summed E-state index contributed by atoms with van der Waals surface area (Å²) in [6.45, 7) is 4.70. The summed E-state index contributed by atoms with van der Waals surface area (Å²) in [6.07, 6.45) is 2.68. The zero-order valence-corrected chi connectivity index (χ0v) is 17.6. The van der Waals surface area contributed by atoms with E-state index >= 15 is 0 Å². The van der Waals surface area contributed by atoms with E-state index in [-0.39, 0.29) is 23.0 Å². The lowest BCUT2D eigenvalue weighted by Crippen LogP contribution is -2.33. The van der Waals surface area contributed by atoms with E-state index in [0.717, 1.165) is 6.42 Å². The predicted octanol–water partition coefficient (Wildman–Crippen LogP) is 2.49. The number of nitrogens with zero attached hydrogens (tertiary/aromatic N) is 4. The number of anilines is 3. The topological polar surface area (TPSA) is 167 Å². The second kappa shape index (κ2) is 9.09. The van der Waals surface area contributed by atoms with E-state index in [9.17, 15) is 5.26 Å². The molecular formula is C21H24N8O2. The molecule has 1 aromatic heterocycles. The molecule has 10 nitrogen and oxygen atoms in total. The molecule has 1 aromatic carbocycles. The van der Waals surface area contributed by atoms with E-state index < -0.39 is 6.04 Å². The Hall–Kier alpha value is -4.18. The first-order chi connectivity index (χ1) is 14.9. The molecule has 31 heavy (non-hydrogen) atoms. The number of aromatic nitrogens is 1. The van der Waals surface area contributed by atoms with Crippen LogP contribution in [0.3, 0.4) is 0 Å². The molecule has 160 valence electrons. The van der Waals surface area contributed by atoms with Crippen LogP contribution in [0.4, 0.5) is 17.3 Å². The SMILES string of the molecule is COc1cccc(C2N=C(NC#N)Nc3nc(N)c(C#N)c(N)c32)c1OCCC(C)C. The van der Waals surface area contributed by atoms with Gasteiger partial charge in [0.1, 0.15) is 29.3 Å². The number of fused-ring (bicyclic) bond motifs is 1. The third-order valence-electron chi connectivity index (χ3n) is 4.82. The van der Waals surface area contributed by atoms with Gasteiger partial charge in [0.15, 0.2) is 17.7 Å². The summed E-state index contributed by atoms with van der Waals surface area (Å²) < 4.78 is 11.6. The minimum absolute atomic E-state index is 0.0118. The Kier molecular flexibility index (Phi) is 6.32. The normalized spacial score (nSPS) is 14.5. The summed E-state index contributed by atoms with van der Waals surface area (Å²) in [5.41, 5.74) is 13.6. The number of hydrogen-bond acceptors (Lipinski definition) is 10. The molecule has 0 saturated heterocycles. The molecule has 6 N–H and O–H groups in total. The standard InChI is InChI=1S/C21H24N8O2/c1-11(2)7-8-31-18-12(5-4-6-14(18)30-3)17-15-16(24)13(9-22)19(25)28-20(15)29-21(27-17)26-10-23/h4-6,11,17H,7-8H2,1-3H3,(H6,24,25,26,27,28,29). The van der Waals surface area contributed by atoms with Crippen LogP contribution in [0.15, 0.2) is 23.2 Å². The molecule has 10 heteroatoms. The second-order valence-electron chi connectivity index (χ2n) is 7.31. The van der Waals surface area contributed by atoms with Crippen molar-refractivity contribution >= 4 is 23.3 Å². The molecule has 0 aliphatic carbocycles. The molecular weight excluding hydrogens is 396 g/mol. The number of nitrogens with one attached hydrogen (secondary N) is 2. The first-order valence-corrected chi connectivity index (χ1v) is 9.69. The number of nitriles is 2. The van der Waals surface area contributed by atoms with Crippen LogP contribution in [-0.2, 0) is 0 Å². The lowest BCUT2D eigenvalue weighted by atomic mass is 9.94. The molecule has 2 aromatic rings. The Morgan fingerprint density at radius 3 is 2.71 bits per heavy atom. The number of hydrogen-bond donors (Lipinski definition) is 4. The largest absolute Gasteiger partial charge is 0.493 e. The molecule has 3 rings (SSSR count). The fraction of sp³-hybridized carbons (Fsp3) is 0.333. The number of ether oxygens (including phenoxy) is 2. The zero-order chi connectivity index (χ0) is 22.5. The quantitative estimate of drug-likeness (QED) is 0.405. The lowest BCUT2D eigenvalue weighted by Gasteiger charge is -2.27. The highest BCUT2D eigenvalue weighted by Crippen LogP contribution is 2.45. The number of benzene rings is 1. The van der Waals surface area contributed by atoms with E-state index in [4.69, 9.17) is 26.2 Å². The molecule has 0 fully saturated rings. The Bertz CT molecular complexity index is 1100. The van der Waals surface area contributed by atoms with Gasteiger partial charge in [-0.3, -0.25) is 5.32 Å². The van der Waals surface area contributed by atoms with Gasteiger partial charge >= 0.3 is 0 Å². The van der Waals surface area contributed by atoms with Crippen LogP contribution in [0.5, 0.6) is 11.5 Å². The Balaban J connectivity index is 2.20. The highest BCUT2D eigenvalue weighted by molar-refractivity contribution is 5.98. The van der Waals surface area contributed by atoms with Crippen molar-refractivity contribution in [2.75, 3.05) is 30.5 Å². The van der Waals surface area contributed by atoms with Crippen LogP contribution < -0.4 is 31.6 Å². The van der Waals surface area contributed by atoms with E-state index in [2.05, 4.69) is 34.5 Å². The molecule has 0 spiro atoms. The Morgan fingerprint density at radius 1 is 1.29 bits per heavy atom. The number of methoxy groups -OCH3 is 1. The van der Waals surface area contributed by atoms with Crippen LogP contribution in [0.1, 0.15) is 43.0 Å². The van der Waals surface area contributed by atoms with Gasteiger partial charge < -0.3 is 26.3 Å². The predicted molar refractivity (Wildman–Crippen MR) is 117 cm³/mol. The van der Waals surface area contributed by atoms with Gasteiger partial charge in [0.25, 0.3) is 0 Å². The number of rotatable bonds is 6. The average molecular weight is 420 g/mol. The monoisotopic (exact) mass is 420 g/mol. The van der Waals surface area contributed by atoms with Crippen molar-refractivity contribution in [2.24, 2.45) is 10.9 Å². The maximum atomic E-state index is 9.49. The summed E-state index contributed by atoms with van der Waals surface area (Å²) in [5, 5.41) is 24.0. The van der Waals surface area contributed by atoms with E-state index in [1.165, 1.54) is 0 Å². The van der Waals surface area contributed by atoms with Crippen molar-refractivity contribution in [3.05, 3.63) is 34.9 Å². The fourth-order valence-corrected chi connectivity index (χ4v) is 3.27. The van der Waals surface area contributed by atoms with Crippen LogP contribution in [-0.4, -0.2) is 24.7 Å². The molecule has 0 saturated carbocycles. The minimum Gasteiger partial charge on any atom is -0.493 e. The zero-order valence-electron chi connectivity index (χ0n) is 17.6. The van der Waals surface area contributed by atoms with Gasteiger partial charge in [-0.15, -0.1) is 0 Å². The Labute approximate surface area is 180 Å². The van der Waals surface area contributed by atoms with Crippen molar-refractivity contribution in [3.63, 3.8) is 0 Å². The number of nitrogen functional groups attached to an aromatic ring is 2. The number of guanidine groups is 1. The van der Waals surface area contributed by atoms with Gasteiger partial charge in [0.05, 0.1) is 19.4 Å². The summed E-state index contributed by atoms with van der Waals surface area (Å²) in [4.78, 5) is 8.87. The molecule has 0 amide bonds. The van der Waals surface area contributed by atoms with Crippen molar-refractivity contribution in [3.8, 4) is 23.8 Å². The number of para-hydroxylation sites is 1. The highest BCUT2D eigenvalue weighted by Gasteiger charge is 2.32. The molecule has 0 radical (unpaired) electrons. The molecule has 1 aliphatic heterocycles. The summed E-state index contributed by atoms with van der Waals surface area (Å²) in [7, 11) is 1.56. The van der Waals surface area contributed by atoms with E-state index in [0.29, 0.717) is 41.0 Å². The van der Waals surface area contributed by atoms with Crippen LogP contribution >= 0.6 is 0 Å². The van der Waals surface area contributed by atoms with E-state index in [1.54, 1.807) is 13.2 Å². The molecule has 1 unspecified atom stereocenters. The summed E-state index contributed by atoms with van der Waals surface area (Å²) in [5.74, 6) is 1.98. The highest BCUT2D eigenvalue weighted by atomic mass is 16.5. The van der Waals surface area contributed by atoms with E-state index in [1.807, 2.05) is 24.4 Å². The summed E-state index contributed by atoms with van der Waals surface area (Å²) in [6, 6.07) is 6.72. The minimum atomic E-state index is -0.712. The maximum Gasteiger partial charge on any atom is 0.211 e. The van der Waals surface area contributed by atoms with Gasteiger partial charge in [0.2, 0.25) is 5.96 Å². The molecule has 0 bridgehead atoms. The first kappa shape index (κ1) is 21.5. The van der Waals surface area contributed by atoms with Crippen molar-refractivity contribution in [1.29, 1.82) is 10.5 Å². The van der Waals surface area contributed by atoms with Crippen molar-refractivity contribution < 1.29 is 9.47 Å². The fourth-order valence-electron chi connectivity index (χ4n) is 3.27. The second-order valence-corrected chi connectivity index (χ2v) is 7.31. The smallest absolute Gasteiger partial charge is 0.211 e. The van der Waals surface area contributed by atoms with Gasteiger partial charge in [-0.1, -0.05) is 26.0 Å². The lowest BCUT2D eigenvalue weighted by molar-refractivity contribution is 0.269. The third-order valence-corrected chi connectivity index (χ3v) is 4.82. The third kappa shape index (κ3) is 4.23. The van der Waals surface area contributed by atoms with Gasteiger partial charge in [-0.2, -0.15) is 10.5 Å².